The van der Waals surface area contributed by atoms with Crippen molar-refractivity contribution >= 4 is 22.7 Å². The zero-order valence-electron chi connectivity index (χ0n) is 11.0. The smallest absolute Gasteiger partial charge is 0.354 e. The van der Waals surface area contributed by atoms with Gasteiger partial charge in [-0.15, -0.1) is 0 Å². The van der Waals surface area contributed by atoms with Gasteiger partial charge in [0.2, 0.25) is 0 Å². The SMILES string of the molecule is CC(Nc1cc2nc(C(=O)O)ccc2cn1)C1(O)CC1. The van der Waals surface area contributed by atoms with Crippen molar-refractivity contribution in [2.45, 2.75) is 31.4 Å². The monoisotopic (exact) mass is 273 g/mol. The van der Waals surface area contributed by atoms with Crippen molar-refractivity contribution < 1.29 is 15.0 Å². The van der Waals surface area contributed by atoms with Crippen molar-refractivity contribution in [2.24, 2.45) is 0 Å². The number of pyridine rings is 2. The quantitative estimate of drug-likeness (QED) is 0.784. The Labute approximate surface area is 115 Å². The van der Waals surface area contributed by atoms with Gasteiger partial charge in [0.1, 0.15) is 11.5 Å². The van der Waals surface area contributed by atoms with Crippen LogP contribution in [0.5, 0.6) is 0 Å². The maximum atomic E-state index is 10.9. The molecule has 104 valence electrons. The van der Waals surface area contributed by atoms with Gasteiger partial charge in [-0.25, -0.2) is 14.8 Å². The molecule has 1 fully saturated rings. The summed E-state index contributed by atoms with van der Waals surface area (Å²) >= 11 is 0. The summed E-state index contributed by atoms with van der Waals surface area (Å²) in [5.74, 6) is -0.473. The van der Waals surface area contributed by atoms with Gasteiger partial charge in [0, 0.05) is 17.6 Å². The van der Waals surface area contributed by atoms with Crippen LogP contribution < -0.4 is 5.32 Å². The van der Waals surface area contributed by atoms with E-state index in [0.29, 0.717) is 11.3 Å². The molecule has 0 bridgehead atoms. The Morgan fingerprint density at radius 3 is 2.85 bits per heavy atom. The third-order valence-electron chi connectivity index (χ3n) is 3.73. The van der Waals surface area contributed by atoms with Gasteiger partial charge < -0.3 is 15.5 Å². The standard InChI is InChI=1S/C14H15N3O3/c1-8(14(20)4-5-14)16-12-6-11-9(7-15-12)2-3-10(17-11)13(18)19/h2-3,6-8,20H,4-5H2,1H3,(H,15,16)(H,18,19). The van der Waals surface area contributed by atoms with Crippen LogP contribution in [0.15, 0.2) is 24.4 Å². The molecular weight excluding hydrogens is 258 g/mol. The van der Waals surface area contributed by atoms with Crippen LogP contribution in [0, 0.1) is 0 Å². The van der Waals surface area contributed by atoms with E-state index in [-0.39, 0.29) is 11.7 Å². The molecule has 1 atom stereocenters. The lowest BCUT2D eigenvalue weighted by atomic mass is 10.1. The average Bonchev–Trinajstić information content (AvgIpc) is 3.17. The molecule has 0 aromatic carbocycles. The van der Waals surface area contributed by atoms with Crippen molar-refractivity contribution in [3.8, 4) is 0 Å². The number of hydrogen-bond donors (Lipinski definition) is 3. The number of nitrogens with zero attached hydrogens (tertiary/aromatic N) is 2. The summed E-state index contributed by atoms with van der Waals surface area (Å²) < 4.78 is 0. The molecule has 0 amide bonds. The largest absolute Gasteiger partial charge is 0.477 e. The lowest BCUT2D eigenvalue weighted by molar-refractivity contribution is 0.0691. The van der Waals surface area contributed by atoms with Gasteiger partial charge in [0.25, 0.3) is 0 Å². The number of nitrogens with one attached hydrogen (secondary N) is 1. The van der Waals surface area contributed by atoms with Crippen LogP contribution in [0.4, 0.5) is 5.82 Å². The summed E-state index contributed by atoms with van der Waals surface area (Å²) in [7, 11) is 0. The molecule has 2 aromatic rings. The van der Waals surface area contributed by atoms with Gasteiger partial charge in [-0.05, 0) is 31.9 Å². The summed E-state index contributed by atoms with van der Waals surface area (Å²) in [5, 5.41) is 22.9. The van der Waals surface area contributed by atoms with Crippen molar-refractivity contribution in [3.05, 3.63) is 30.1 Å². The van der Waals surface area contributed by atoms with Crippen LogP contribution >= 0.6 is 0 Å². The Morgan fingerprint density at radius 2 is 2.20 bits per heavy atom. The van der Waals surface area contributed by atoms with Gasteiger partial charge in [0.15, 0.2) is 0 Å². The molecule has 2 heterocycles. The molecule has 2 aromatic heterocycles. The minimum atomic E-state index is -1.06. The number of carboxylic acid groups (broad SMARTS) is 1. The summed E-state index contributed by atoms with van der Waals surface area (Å²) in [6.45, 7) is 1.90. The van der Waals surface area contributed by atoms with Crippen LogP contribution in [0.3, 0.4) is 0 Å². The number of rotatable bonds is 4. The molecule has 0 aliphatic heterocycles. The predicted octanol–water partition coefficient (Wildman–Crippen LogP) is 1.65. The highest BCUT2D eigenvalue weighted by molar-refractivity contribution is 5.90. The molecule has 1 aliphatic rings. The van der Waals surface area contributed by atoms with Crippen LogP contribution in [-0.2, 0) is 0 Å². The Hall–Kier alpha value is -2.21. The molecule has 0 spiro atoms. The van der Waals surface area contributed by atoms with Gasteiger partial charge in [-0.3, -0.25) is 0 Å². The van der Waals surface area contributed by atoms with Crippen molar-refractivity contribution in [1.82, 2.24) is 9.97 Å². The fourth-order valence-corrected chi connectivity index (χ4v) is 2.13. The first-order valence-electron chi connectivity index (χ1n) is 6.47. The maximum Gasteiger partial charge on any atom is 0.354 e. The van der Waals surface area contributed by atoms with Crippen molar-refractivity contribution in [3.63, 3.8) is 0 Å². The zero-order chi connectivity index (χ0) is 14.3. The lowest BCUT2D eigenvalue weighted by Crippen LogP contribution is -2.32. The van der Waals surface area contributed by atoms with E-state index in [0.717, 1.165) is 18.2 Å². The van der Waals surface area contributed by atoms with E-state index in [1.54, 1.807) is 18.3 Å². The summed E-state index contributed by atoms with van der Waals surface area (Å²) in [5.41, 5.74) is -0.0756. The van der Waals surface area contributed by atoms with E-state index >= 15 is 0 Å². The van der Waals surface area contributed by atoms with E-state index in [2.05, 4.69) is 15.3 Å². The normalized spacial score (nSPS) is 17.7. The van der Waals surface area contributed by atoms with E-state index < -0.39 is 11.6 Å². The van der Waals surface area contributed by atoms with E-state index in [4.69, 9.17) is 5.11 Å². The Morgan fingerprint density at radius 1 is 1.45 bits per heavy atom. The van der Waals surface area contributed by atoms with Gasteiger partial charge in [-0.2, -0.15) is 0 Å². The minimum Gasteiger partial charge on any atom is -0.477 e. The fraction of sp³-hybridized carbons (Fsp3) is 0.357. The van der Waals surface area contributed by atoms with E-state index in [1.807, 2.05) is 6.92 Å². The average molecular weight is 273 g/mol. The highest BCUT2D eigenvalue weighted by atomic mass is 16.4. The number of fused-ring (bicyclic) bond motifs is 1. The van der Waals surface area contributed by atoms with Crippen LogP contribution in [-0.4, -0.2) is 37.8 Å². The maximum absolute atomic E-state index is 10.9. The first-order chi connectivity index (χ1) is 9.48. The number of hydrogen-bond acceptors (Lipinski definition) is 5. The third-order valence-corrected chi connectivity index (χ3v) is 3.73. The van der Waals surface area contributed by atoms with Crippen molar-refractivity contribution in [1.29, 1.82) is 0 Å². The molecule has 0 saturated heterocycles. The van der Waals surface area contributed by atoms with Crippen LogP contribution in [0.2, 0.25) is 0 Å². The highest BCUT2D eigenvalue weighted by Crippen LogP contribution is 2.39. The van der Waals surface area contributed by atoms with E-state index in [9.17, 15) is 9.90 Å². The van der Waals surface area contributed by atoms with Crippen LogP contribution in [0.1, 0.15) is 30.3 Å². The molecule has 0 radical (unpaired) electrons. The van der Waals surface area contributed by atoms with Gasteiger partial charge in [0.05, 0.1) is 17.2 Å². The predicted molar refractivity (Wildman–Crippen MR) is 73.8 cm³/mol. The minimum absolute atomic E-state index is 0.00326. The number of aliphatic hydroxyl groups is 1. The summed E-state index contributed by atoms with van der Waals surface area (Å²) in [6.07, 6.45) is 3.21. The zero-order valence-corrected chi connectivity index (χ0v) is 11.0. The summed E-state index contributed by atoms with van der Waals surface area (Å²) in [4.78, 5) is 19.3. The number of aromatic nitrogens is 2. The summed E-state index contributed by atoms with van der Waals surface area (Å²) in [6, 6.07) is 4.73. The molecular formula is C14H15N3O3. The number of anilines is 1. The number of aromatic carboxylic acids is 1. The molecule has 1 aliphatic carbocycles. The fourth-order valence-electron chi connectivity index (χ4n) is 2.13. The van der Waals surface area contributed by atoms with Crippen molar-refractivity contribution in [2.75, 3.05) is 5.32 Å². The lowest BCUT2D eigenvalue weighted by Gasteiger charge is -2.19. The van der Waals surface area contributed by atoms with Crippen LogP contribution in [0.25, 0.3) is 10.9 Å². The number of carbonyl (C=O) groups is 1. The molecule has 6 nitrogen and oxygen atoms in total. The number of carboxylic acids is 1. The second-order valence-electron chi connectivity index (χ2n) is 5.23. The molecule has 3 rings (SSSR count). The van der Waals surface area contributed by atoms with Gasteiger partial charge in [-0.1, -0.05) is 0 Å². The molecule has 1 unspecified atom stereocenters. The molecule has 20 heavy (non-hydrogen) atoms. The van der Waals surface area contributed by atoms with Gasteiger partial charge >= 0.3 is 5.97 Å². The molecule has 3 N–H and O–H groups in total. The molecule has 1 saturated carbocycles. The first kappa shape index (κ1) is 12.8. The Bertz CT molecular complexity index is 682. The Kier molecular flexibility index (Phi) is 2.83. The molecule has 6 heteroatoms. The second-order valence-corrected chi connectivity index (χ2v) is 5.23. The second kappa shape index (κ2) is 4.42. The third kappa shape index (κ3) is 2.30. The van der Waals surface area contributed by atoms with E-state index in [1.165, 1.54) is 6.07 Å². The Balaban J connectivity index is 1.90. The highest BCUT2D eigenvalue weighted by Gasteiger charge is 2.45. The topological polar surface area (TPSA) is 95.3 Å². The first-order valence-corrected chi connectivity index (χ1v) is 6.47.